The molecule has 0 saturated carbocycles. The smallest absolute Gasteiger partial charge is 0.276 e. The maximum absolute atomic E-state index is 12.9. The monoisotopic (exact) mass is 411 g/mol. The highest BCUT2D eigenvalue weighted by Crippen LogP contribution is 2.25. The fourth-order valence-corrected chi connectivity index (χ4v) is 3.79. The Morgan fingerprint density at radius 3 is 2.57 bits per heavy atom. The second-order valence-corrected chi connectivity index (χ2v) is 7.53. The molecule has 0 atom stereocenters. The van der Waals surface area contributed by atoms with Crippen molar-refractivity contribution < 1.29 is 13.9 Å². The van der Waals surface area contributed by atoms with Crippen molar-refractivity contribution in [3.05, 3.63) is 81.9 Å². The number of hydrogen-bond donors (Lipinski definition) is 1. The van der Waals surface area contributed by atoms with Crippen LogP contribution in [0, 0.1) is 5.82 Å². The first-order valence-corrected chi connectivity index (χ1v) is 10.1. The Bertz CT molecular complexity index is 1080. The number of nitrogens with one attached hydrogen (secondary N) is 1. The largest absolute Gasteiger partial charge is 0.486 e. The fourth-order valence-electron chi connectivity index (χ4n) is 2.39. The first kappa shape index (κ1) is 18.3. The van der Waals surface area contributed by atoms with Gasteiger partial charge in [0.25, 0.3) is 5.91 Å². The van der Waals surface area contributed by atoms with E-state index in [0.717, 1.165) is 11.3 Å². The number of amides is 1. The van der Waals surface area contributed by atoms with E-state index >= 15 is 0 Å². The summed E-state index contributed by atoms with van der Waals surface area (Å²) in [7, 11) is 0. The van der Waals surface area contributed by atoms with E-state index in [1.165, 1.54) is 34.8 Å². The summed E-state index contributed by atoms with van der Waals surface area (Å²) >= 11 is 2.68. The van der Waals surface area contributed by atoms with Crippen molar-refractivity contribution in [1.82, 2.24) is 9.97 Å². The maximum atomic E-state index is 12.9. The van der Waals surface area contributed by atoms with Gasteiger partial charge in [0.05, 0.1) is 5.69 Å². The highest BCUT2D eigenvalue weighted by Gasteiger charge is 2.14. The van der Waals surface area contributed by atoms with Gasteiger partial charge in [-0.25, -0.2) is 14.4 Å². The number of anilines is 1. The Morgan fingerprint density at radius 2 is 1.79 bits per heavy atom. The lowest BCUT2D eigenvalue weighted by Crippen LogP contribution is -2.12. The van der Waals surface area contributed by atoms with E-state index in [9.17, 15) is 9.18 Å². The van der Waals surface area contributed by atoms with Crippen LogP contribution in [-0.2, 0) is 6.61 Å². The zero-order valence-corrected chi connectivity index (χ0v) is 16.1. The Labute approximate surface area is 168 Å². The number of ether oxygens (including phenoxy) is 1. The van der Waals surface area contributed by atoms with Crippen molar-refractivity contribution in [2.24, 2.45) is 0 Å². The van der Waals surface area contributed by atoms with E-state index in [-0.39, 0.29) is 18.3 Å². The number of thiazole rings is 2. The number of hydrogen-bond acceptors (Lipinski definition) is 6. The molecule has 140 valence electrons. The lowest BCUT2D eigenvalue weighted by Gasteiger charge is -2.03. The molecular weight excluding hydrogens is 397 g/mol. The molecule has 4 rings (SSSR count). The van der Waals surface area contributed by atoms with Crippen LogP contribution >= 0.6 is 22.7 Å². The number of benzene rings is 2. The molecule has 0 spiro atoms. The maximum Gasteiger partial charge on any atom is 0.276 e. The van der Waals surface area contributed by atoms with Crippen LogP contribution in [0.15, 0.2) is 65.4 Å². The van der Waals surface area contributed by atoms with Crippen molar-refractivity contribution >= 4 is 33.7 Å². The number of halogens is 1. The molecule has 0 saturated heterocycles. The predicted molar refractivity (Wildman–Crippen MR) is 108 cm³/mol. The van der Waals surface area contributed by atoms with Crippen molar-refractivity contribution in [1.29, 1.82) is 0 Å². The van der Waals surface area contributed by atoms with E-state index in [4.69, 9.17) is 4.74 Å². The Kier molecular flexibility index (Phi) is 5.41. The molecule has 0 aliphatic heterocycles. The Hall–Kier alpha value is -3.10. The molecule has 2 heterocycles. The normalized spacial score (nSPS) is 10.6. The van der Waals surface area contributed by atoms with Crippen LogP contribution < -0.4 is 10.1 Å². The molecule has 0 aliphatic rings. The first-order chi connectivity index (χ1) is 13.7. The molecule has 1 N–H and O–H groups in total. The summed E-state index contributed by atoms with van der Waals surface area (Å²) in [5, 5.41) is 7.51. The van der Waals surface area contributed by atoms with Gasteiger partial charge in [0.1, 0.15) is 28.9 Å². The van der Waals surface area contributed by atoms with Crippen molar-refractivity contribution in [3.8, 4) is 17.0 Å². The summed E-state index contributed by atoms with van der Waals surface area (Å²) in [5.41, 5.74) is 2.11. The minimum absolute atomic E-state index is 0.207. The number of carbonyl (C=O) groups is 1. The summed E-state index contributed by atoms with van der Waals surface area (Å²) in [6.07, 6.45) is 0. The van der Waals surface area contributed by atoms with Gasteiger partial charge < -0.3 is 4.74 Å². The Morgan fingerprint density at radius 1 is 1.00 bits per heavy atom. The summed E-state index contributed by atoms with van der Waals surface area (Å²) in [6.45, 7) is 0.207. The van der Waals surface area contributed by atoms with Gasteiger partial charge in [-0.05, 0) is 24.3 Å². The molecule has 28 heavy (non-hydrogen) atoms. The second-order valence-electron chi connectivity index (χ2n) is 5.73. The van der Waals surface area contributed by atoms with E-state index in [2.05, 4.69) is 15.3 Å². The lowest BCUT2D eigenvalue weighted by atomic mass is 10.2. The molecule has 0 aliphatic carbocycles. The summed E-state index contributed by atoms with van der Waals surface area (Å²) in [5.74, 6) is -0.102. The molecule has 2 aromatic carbocycles. The van der Waals surface area contributed by atoms with Crippen LogP contribution in [0.5, 0.6) is 5.75 Å². The lowest BCUT2D eigenvalue weighted by molar-refractivity contribution is 0.102. The van der Waals surface area contributed by atoms with Crippen LogP contribution in [0.4, 0.5) is 9.52 Å². The first-order valence-electron chi connectivity index (χ1n) is 8.32. The standard InChI is InChI=1S/C20H14FN3O2S2/c21-14-6-8-15(9-7-14)26-10-18-22-17(12-27-18)19(25)24-20-23-16(11-28-20)13-4-2-1-3-5-13/h1-9,11-12H,10H2,(H,23,24,25). The summed E-state index contributed by atoms with van der Waals surface area (Å²) in [4.78, 5) is 21.1. The number of rotatable bonds is 6. The van der Waals surface area contributed by atoms with Gasteiger partial charge in [0, 0.05) is 16.3 Å². The molecule has 5 nitrogen and oxygen atoms in total. The summed E-state index contributed by atoms with van der Waals surface area (Å²) < 4.78 is 18.5. The van der Waals surface area contributed by atoms with Gasteiger partial charge >= 0.3 is 0 Å². The van der Waals surface area contributed by atoms with E-state index < -0.39 is 0 Å². The second kappa shape index (κ2) is 8.28. The molecule has 4 aromatic rings. The molecule has 0 unspecified atom stereocenters. The third kappa shape index (κ3) is 4.41. The highest BCUT2D eigenvalue weighted by atomic mass is 32.1. The molecule has 1 amide bonds. The van der Waals surface area contributed by atoms with E-state index in [1.807, 2.05) is 35.7 Å². The quantitative estimate of drug-likeness (QED) is 0.471. The van der Waals surface area contributed by atoms with Crippen molar-refractivity contribution in [3.63, 3.8) is 0 Å². The zero-order valence-electron chi connectivity index (χ0n) is 14.5. The van der Waals surface area contributed by atoms with Crippen LogP contribution in [0.1, 0.15) is 15.5 Å². The predicted octanol–water partition coefficient (Wildman–Crippen LogP) is 5.24. The minimum Gasteiger partial charge on any atom is -0.486 e. The van der Waals surface area contributed by atoms with E-state index in [0.29, 0.717) is 21.6 Å². The van der Waals surface area contributed by atoms with Gasteiger partial charge in [-0.3, -0.25) is 10.1 Å². The molecule has 8 heteroatoms. The molecule has 0 fully saturated rings. The number of carbonyl (C=O) groups excluding carboxylic acids is 1. The van der Waals surface area contributed by atoms with Crippen LogP contribution in [-0.4, -0.2) is 15.9 Å². The van der Waals surface area contributed by atoms with Gasteiger partial charge in [0.15, 0.2) is 5.13 Å². The molecular formula is C20H14FN3O2S2. The zero-order chi connectivity index (χ0) is 19.3. The third-order valence-electron chi connectivity index (χ3n) is 3.75. The van der Waals surface area contributed by atoms with Crippen LogP contribution in [0.25, 0.3) is 11.3 Å². The van der Waals surface area contributed by atoms with Crippen molar-refractivity contribution in [2.75, 3.05) is 5.32 Å². The van der Waals surface area contributed by atoms with Gasteiger partial charge in [-0.1, -0.05) is 30.3 Å². The SMILES string of the molecule is O=C(Nc1nc(-c2ccccc2)cs1)c1csc(COc2ccc(F)cc2)n1. The minimum atomic E-state index is -0.321. The fraction of sp³-hybridized carbons (Fsp3) is 0.0500. The van der Waals surface area contributed by atoms with Gasteiger partial charge in [-0.2, -0.15) is 0 Å². The van der Waals surface area contributed by atoms with Gasteiger partial charge in [0.2, 0.25) is 0 Å². The Balaban J connectivity index is 1.37. The number of aromatic nitrogens is 2. The molecule has 2 aromatic heterocycles. The highest BCUT2D eigenvalue weighted by molar-refractivity contribution is 7.14. The third-order valence-corrected chi connectivity index (χ3v) is 5.33. The van der Waals surface area contributed by atoms with Crippen LogP contribution in [0.2, 0.25) is 0 Å². The van der Waals surface area contributed by atoms with Crippen molar-refractivity contribution in [2.45, 2.75) is 6.61 Å². The summed E-state index contributed by atoms with van der Waals surface area (Å²) in [6, 6.07) is 15.5. The van der Waals surface area contributed by atoms with Gasteiger partial charge in [-0.15, -0.1) is 22.7 Å². The molecule has 0 bridgehead atoms. The molecule has 0 radical (unpaired) electrons. The van der Waals surface area contributed by atoms with Crippen LogP contribution in [0.3, 0.4) is 0 Å². The average Bonchev–Trinajstić information content (AvgIpc) is 3.38. The topological polar surface area (TPSA) is 64.1 Å². The number of nitrogens with zero attached hydrogens (tertiary/aromatic N) is 2. The van der Waals surface area contributed by atoms with E-state index in [1.54, 1.807) is 17.5 Å². The average molecular weight is 411 g/mol.